The second-order valence-electron chi connectivity index (χ2n) is 5.33. The Bertz CT molecular complexity index is 925. The van der Waals surface area contributed by atoms with Gasteiger partial charge in [-0.15, -0.1) is 0 Å². The van der Waals surface area contributed by atoms with E-state index in [1.54, 1.807) is 0 Å². The summed E-state index contributed by atoms with van der Waals surface area (Å²) < 4.78 is 5.27. The van der Waals surface area contributed by atoms with Crippen molar-refractivity contribution in [1.82, 2.24) is 0 Å². The van der Waals surface area contributed by atoms with Gasteiger partial charge in [-0.25, -0.2) is 0 Å². The van der Waals surface area contributed by atoms with Crippen LogP contribution in [0.1, 0.15) is 39.0 Å². The Morgan fingerprint density at radius 2 is 1.81 bits per heavy atom. The van der Waals surface area contributed by atoms with Gasteiger partial charge in [-0.3, -0.25) is 29.8 Å². The van der Waals surface area contributed by atoms with Gasteiger partial charge in [-0.05, 0) is 37.6 Å². The quantitative estimate of drug-likeness (QED) is 0.351. The second-order valence-corrected chi connectivity index (χ2v) is 5.33. The van der Waals surface area contributed by atoms with Crippen LogP contribution in [0.5, 0.6) is 0 Å². The maximum atomic E-state index is 12.0. The zero-order chi connectivity index (χ0) is 19.4. The number of aryl methyl sites for hydroxylation is 1. The van der Waals surface area contributed by atoms with Crippen molar-refractivity contribution in [1.29, 1.82) is 0 Å². The summed E-state index contributed by atoms with van der Waals surface area (Å²) >= 11 is 0. The van der Waals surface area contributed by atoms with Crippen molar-refractivity contribution in [2.24, 2.45) is 5.73 Å². The van der Waals surface area contributed by atoms with Gasteiger partial charge in [0.2, 0.25) is 5.88 Å². The van der Waals surface area contributed by atoms with Crippen molar-refractivity contribution in [2.45, 2.75) is 13.8 Å². The molecule has 134 valence electrons. The number of non-ortho nitro benzene ring substituents is 1. The number of ketones is 1. The summed E-state index contributed by atoms with van der Waals surface area (Å²) in [4.78, 5) is 45.3. The predicted octanol–water partition coefficient (Wildman–Crippen LogP) is 2.45. The molecule has 1 aromatic heterocycles. The number of benzene rings is 1. The summed E-state index contributed by atoms with van der Waals surface area (Å²) in [6.45, 7) is 2.73. The molecule has 0 aliphatic rings. The Kier molecular flexibility index (Phi) is 5.31. The molecule has 0 aliphatic heterocycles. The summed E-state index contributed by atoms with van der Waals surface area (Å²) in [5.41, 5.74) is 5.59. The van der Waals surface area contributed by atoms with E-state index in [1.807, 2.05) is 0 Å². The maximum Gasteiger partial charge on any atom is 0.269 e. The molecule has 3 N–H and O–H groups in total. The van der Waals surface area contributed by atoms with E-state index in [1.165, 1.54) is 44.2 Å². The highest BCUT2D eigenvalue weighted by molar-refractivity contribution is 6.13. The summed E-state index contributed by atoms with van der Waals surface area (Å²) in [6.07, 6.45) is 2.57. The molecule has 0 fully saturated rings. The minimum absolute atomic E-state index is 0.0205. The lowest BCUT2D eigenvalue weighted by molar-refractivity contribution is -0.384. The first kappa shape index (κ1) is 18.6. The van der Waals surface area contributed by atoms with Gasteiger partial charge in [-0.2, -0.15) is 0 Å². The Morgan fingerprint density at radius 1 is 1.19 bits per heavy atom. The van der Waals surface area contributed by atoms with Crippen LogP contribution in [0.2, 0.25) is 0 Å². The SMILES string of the molecule is CC(=O)c1c(C)oc(NC(=O)/C=C/c2ccc([N+](=O)[O-])cc2)c1C(N)=O. The molecular weight excluding hydrogens is 342 g/mol. The number of nitro groups is 1. The van der Waals surface area contributed by atoms with E-state index in [-0.39, 0.29) is 28.5 Å². The summed E-state index contributed by atoms with van der Waals surface area (Å²) in [5.74, 6) is -1.99. The number of furan rings is 1. The lowest BCUT2D eigenvalue weighted by atomic mass is 10.1. The van der Waals surface area contributed by atoms with Crippen molar-refractivity contribution in [3.05, 3.63) is 62.9 Å². The average molecular weight is 357 g/mol. The summed E-state index contributed by atoms with van der Waals surface area (Å²) in [7, 11) is 0. The van der Waals surface area contributed by atoms with Gasteiger partial charge in [0.05, 0.1) is 10.5 Å². The van der Waals surface area contributed by atoms with Crippen LogP contribution in [0.25, 0.3) is 6.08 Å². The normalized spacial score (nSPS) is 10.7. The lowest BCUT2D eigenvalue weighted by Crippen LogP contribution is -2.18. The van der Waals surface area contributed by atoms with Gasteiger partial charge < -0.3 is 10.2 Å². The first-order chi connectivity index (χ1) is 12.2. The molecule has 9 nitrogen and oxygen atoms in total. The second kappa shape index (κ2) is 7.43. The number of hydrogen-bond acceptors (Lipinski definition) is 6. The van der Waals surface area contributed by atoms with Gasteiger partial charge in [0.25, 0.3) is 17.5 Å². The first-order valence-electron chi connectivity index (χ1n) is 7.38. The number of hydrogen-bond donors (Lipinski definition) is 2. The highest BCUT2D eigenvalue weighted by Crippen LogP contribution is 2.27. The van der Waals surface area contributed by atoms with Crippen LogP contribution >= 0.6 is 0 Å². The molecule has 1 heterocycles. The fourth-order valence-electron chi connectivity index (χ4n) is 2.32. The van der Waals surface area contributed by atoms with E-state index < -0.39 is 22.5 Å². The number of rotatable bonds is 6. The number of nitro benzene ring substituents is 1. The van der Waals surface area contributed by atoms with E-state index in [9.17, 15) is 24.5 Å². The molecule has 0 atom stereocenters. The largest absolute Gasteiger partial charge is 0.444 e. The summed E-state index contributed by atoms with van der Waals surface area (Å²) in [5, 5.41) is 13.0. The van der Waals surface area contributed by atoms with Crippen molar-refractivity contribution in [3.8, 4) is 0 Å². The van der Waals surface area contributed by atoms with Gasteiger partial charge >= 0.3 is 0 Å². The van der Waals surface area contributed by atoms with Crippen molar-refractivity contribution in [2.75, 3.05) is 5.32 Å². The monoisotopic (exact) mass is 357 g/mol. The molecule has 2 aromatic rings. The molecule has 1 aromatic carbocycles. The molecule has 0 spiro atoms. The molecule has 2 rings (SSSR count). The molecule has 2 amide bonds. The third-order valence-electron chi connectivity index (χ3n) is 3.45. The number of nitrogens with one attached hydrogen (secondary N) is 1. The number of anilines is 1. The molecular formula is C17H15N3O6. The zero-order valence-electron chi connectivity index (χ0n) is 13.9. The van der Waals surface area contributed by atoms with E-state index >= 15 is 0 Å². The predicted molar refractivity (Wildman–Crippen MR) is 92.7 cm³/mol. The highest BCUT2D eigenvalue weighted by atomic mass is 16.6. The minimum Gasteiger partial charge on any atom is -0.444 e. The number of amides is 2. The van der Waals surface area contributed by atoms with Crippen LogP contribution in [-0.2, 0) is 4.79 Å². The molecule has 0 radical (unpaired) electrons. The summed E-state index contributed by atoms with van der Waals surface area (Å²) in [6, 6.07) is 5.55. The molecule has 0 unspecified atom stereocenters. The van der Waals surface area contributed by atoms with Gasteiger partial charge in [0.15, 0.2) is 5.78 Å². The van der Waals surface area contributed by atoms with Crippen LogP contribution in [0, 0.1) is 17.0 Å². The Hall–Kier alpha value is -3.75. The van der Waals surface area contributed by atoms with Gasteiger partial charge in [-0.1, -0.05) is 0 Å². The average Bonchev–Trinajstić information content (AvgIpc) is 2.89. The van der Waals surface area contributed by atoms with Crippen molar-refractivity contribution in [3.63, 3.8) is 0 Å². The number of carbonyl (C=O) groups excluding carboxylic acids is 3. The maximum absolute atomic E-state index is 12.0. The van der Waals surface area contributed by atoms with Gasteiger partial charge in [0, 0.05) is 18.2 Å². The Balaban J connectivity index is 2.20. The number of primary amides is 1. The molecule has 0 saturated heterocycles. The van der Waals surface area contributed by atoms with Crippen LogP contribution in [0.3, 0.4) is 0 Å². The molecule has 0 saturated carbocycles. The number of Topliss-reactive ketones (excluding diaryl/α,β-unsaturated/α-hetero) is 1. The fraction of sp³-hybridized carbons (Fsp3) is 0.118. The topological polar surface area (TPSA) is 146 Å². The smallest absolute Gasteiger partial charge is 0.269 e. The highest BCUT2D eigenvalue weighted by Gasteiger charge is 2.25. The van der Waals surface area contributed by atoms with Crippen LogP contribution in [0.4, 0.5) is 11.6 Å². The van der Waals surface area contributed by atoms with Gasteiger partial charge in [0.1, 0.15) is 11.3 Å². The molecule has 9 heteroatoms. The zero-order valence-corrected chi connectivity index (χ0v) is 13.9. The van der Waals surface area contributed by atoms with Crippen molar-refractivity contribution < 1.29 is 23.7 Å². The van der Waals surface area contributed by atoms with E-state index in [0.717, 1.165) is 6.08 Å². The first-order valence-corrected chi connectivity index (χ1v) is 7.38. The third kappa shape index (κ3) is 4.01. The Labute approximate surface area is 147 Å². The van der Waals surface area contributed by atoms with E-state index in [0.29, 0.717) is 5.56 Å². The molecule has 0 bridgehead atoms. The number of nitrogens with two attached hydrogens (primary N) is 1. The minimum atomic E-state index is -0.901. The third-order valence-corrected chi connectivity index (χ3v) is 3.45. The van der Waals surface area contributed by atoms with Crippen molar-refractivity contribution >= 4 is 35.2 Å². The van der Waals surface area contributed by atoms with E-state index in [2.05, 4.69) is 5.32 Å². The molecule has 0 aliphatic carbocycles. The lowest BCUT2D eigenvalue weighted by Gasteiger charge is -2.01. The Morgan fingerprint density at radius 3 is 2.31 bits per heavy atom. The van der Waals surface area contributed by atoms with E-state index in [4.69, 9.17) is 10.2 Å². The van der Waals surface area contributed by atoms with Crippen LogP contribution in [0.15, 0.2) is 34.8 Å². The number of nitrogens with zero attached hydrogens (tertiary/aromatic N) is 1. The van der Waals surface area contributed by atoms with Crippen LogP contribution in [-0.4, -0.2) is 22.5 Å². The molecule has 26 heavy (non-hydrogen) atoms. The fourth-order valence-corrected chi connectivity index (χ4v) is 2.32. The van der Waals surface area contributed by atoms with Crippen LogP contribution < -0.4 is 11.1 Å². The number of carbonyl (C=O) groups is 3. The standard InChI is InChI=1S/C17H15N3O6/c1-9(21)14-10(2)26-17(15(14)16(18)23)19-13(22)8-5-11-3-6-12(7-4-11)20(24)25/h3-8H,1-2H3,(H2,18,23)(H,19,22)/b8-5+.